The number of aliphatic imine (C=N–C) groups is 1. The lowest BCUT2D eigenvalue weighted by molar-refractivity contribution is 0.404. The van der Waals surface area contributed by atoms with Crippen molar-refractivity contribution in [2.45, 2.75) is 38.0 Å². The van der Waals surface area contributed by atoms with E-state index < -0.39 is 0 Å². The number of nitrogens with zero attached hydrogens (tertiary/aromatic N) is 2. The molecule has 4 heteroatoms. The zero-order valence-electron chi connectivity index (χ0n) is 15.3. The predicted molar refractivity (Wildman–Crippen MR) is 102 cm³/mol. The van der Waals surface area contributed by atoms with Gasteiger partial charge in [0.1, 0.15) is 5.75 Å². The van der Waals surface area contributed by atoms with Crippen LogP contribution in [0.25, 0.3) is 0 Å². The molecule has 0 amide bonds. The Kier molecular flexibility index (Phi) is 6.71. The summed E-state index contributed by atoms with van der Waals surface area (Å²) in [5, 5.41) is 3.41. The van der Waals surface area contributed by atoms with Gasteiger partial charge in [0.05, 0.1) is 13.7 Å². The van der Waals surface area contributed by atoms with Crippen LogP contribution in [0, 0.1) is 0 Å². The number of ether oxygens (including phenoxy) is 1. The monoisotopic (exact) mass is 329 g/mol. The van der Waals surface area contributed by atoms with Crippen LogP contribution in [-0.4, -0.2) is 44.7 Å². The maximum atomic E-state index is 5.56. The third-order valence-corrected chi connectivity index (χ3v) is 4.66. The Morgan fingerprint density at radius 2 is 2.17 bits per heavy atom. The van der Waals surface area contributed by atoms with Crippen LogP contribution >= 0.6 is 0 Å². The molecule has 132 valence electrons. The number of guanidine groups is 1. The average Bonchev–Trinajstić information content (AvgIpc) is 3.39. The first-order valence-electron chi connectivity index (χ1n) is 8.90. The number of unbranched alkanes of at least 4 members (excludes halogenated alkanes) is 1. The summed E-state index contributed by atoms with van der Waals surface area (Å²) in [5.41, 5.74) is 1.44. The summed E-state index contributed by atoms with van der Waals surface area (Å²) in [7, 11) is 3.85. The molecule has 1 aromatic rings. The molecule has 0 saturated heterocycles. The molecule has 1 aromatic carbocycles. The molecule has 0 radical (unpaired) electrons. The van der Waals surface area contributed by atoms with E-state index in [4.69, 9.17) is 9.73 Å². The second kappa shape index (κ2) is 8.76. The molecule has 24 heavy (non-hydrogen) atoms. The van der Waals surface area contributed by atoms with Crippen molar-refractivity contribution in [3.8, 4) is 5.75 Å². The van der Waals surface area contributed by atoms with Crippen molar-refractivity contribution in [2.75, 3.05) is 33.8 Å². The maximum absolute atomic E-state index is 5.56. The highest BCUT2D eigenvalue weighted by Gasteiger charge is 2.46. The topological polar surface area (TPSA) is 36.9 Å². The van der Waals surface area contributed by atoms with Gasteiger partial charge in [0.25, 0.3) is 0 Å². The number of hydrogen-bond donors (Lipinski definition) is 1. The zero-order valence-corrected chi connectivity index (χ0v) is 15.3. The predicted octanol–water partition coefficient (Wildman–Crippen LogP) is 3.59. The molecule has 1 aliphatic rings. The molecule has 4 nitrogen and oxygen atoms in total. The SMILES string of the molecule is C=CCCCN(C)C(=NCC1(c2ccccc2OC)CC1)NCC. The molecule has 0 bridgehead atoms. The van der Waals surface area contributed by atoms with Crippen LogP contribution in [0.4, 0.5) is 0 Å². The van der Waals surface area contributed by atoms with E-state index in [1.807, 2.05) is 18.2 Å². The Hall–Kier alpha value is -1.97. The molecule has 0 aliphatic heterocycles. The molecule has 0 heterocycles. The minimum atomic E-state index is 0.148. The van der Waals surface area contributed by atoms with Crippen LogP contribution in [0.5, 0.6) is 5.75 Å². The quantitative estimate of drug-likeness (QED) is 0.325. The van der Waals surface area contributed by atoms with Crippen molar-refractivity contribution < 1.29 is 4.74 Å². The number of hydrogen-bond acceptors (Lipinski definition) is 2. The summed E-state index contributed by atoms with van der Waals surface area (Å²) in [6, 6.07) is 8.35. The first-order chi connectivity index (χ1) is 11.7. The number of benzene rings is 1. The van der Waals surface area contributed by atoms with Crippen molar-refractivity contribution in [1.29, 1.82) is 0 Å². The molecule has 0 aromatic heterocycles. The Morgan fingerprint density at radius 3 is 2.79 bits per heavy atom. The highest BCUT2D eigenvalue weighted by atomic mass is 16.5. The number of para-hydroxylation sites is 1. The van der Waals surface area contributed by atoms with Gasteiger partial charge in [-0.25, -0.2) is 0 Å². The molecule has 1 fully saturated rings. The van der Waals surface area contributed by atoms with Crippen LogP contribution in [-0.2, 0) is 5.41 Å². The number of methoxy groups -OCH3 is 1. The Bertz CT molecular complexity index is 564. The Morgan fingerprint density at radius 1 is 1.42 bits per heavy atom. The zero-order chi connectivity index (χ0) is 17.4. The highest BCUT2D eigenvalue weighted by Crippen LogP contribution is 2.51. The van der Waals surface area contributed by atoms with E-state index in [0.29, 0.717) is 0 Å². The van der Waals surface area contributed by atoms with Crippen LogP contribution in [0.2, 0.25) is 0 Å². The van der Waals surface area contributed by atoms with E-state index in [1.165, 1.54) is 18.4 Å². The van der Waals surface area contributed by atoms with Crippen molar-refractivity contribution in [3.05, 3.63) is 42.5 Å². The molecule has 2 rings (SSSR count). The van der Waals surface area contributed by atoms with Crippen molar-refractivity contribution >= 4 is 5.96 Å². The van der Waals surface area contributed by atoms with E-state index >= 15 is 0 Å². The normalized spacial score (nSPS) is 15.7. The second-order valence-corrected chi connectivity index (χ2v) is 6.50. The standard InChI is InChI=1S/C20H31N3O/c1-5-7-10-15-23(3)19(21-6-2)22-16-20(13-14-20)17-11-8-9-12-18(17)24-4/h5,8-9,11-12H,1,6-7,10,13-16H2,2-4H3,(H,21,22). The first kappa shape index (κ1) is 18.4. The summed E-state index contributed by atoms with van der Waals surface area (Å²) in [4.78, 5) is 7.14. The lowest BCUT2D eigenvalue weighted by atomic mass is 9.95. The molecule has 1 N–H and O–H groups in total. The fourth-order valence-corrected chi connectivity index (χ4v) is 3.02. The fraction of sp³-hybridized carbons (Fsp3) is 0.550. The number of allylic oxidation sites excluding steroid dienone is 1. The van der Waals surface area contributed by atoms with Crippen LogP contribution in [0.1, 0.15) is 38.2 Å². The molecule has 0 atom stereocenters. The molecular weight excluding hydrogens is 298 g/mol. The highest BCUT2D eigenvalue weighted by molar-refractivity contribution is 5.79. The molecule has 1 aliphatic carbocycles. The number of nitrogens with one attached hydrogen (secondary N) is 1. The smallest absolute Gasteiger partial charge is 0.193 e. The van der Waals surface area contributed by atoms with Gasteiger partial charge in [-0.1, -0.05) is 24.3 Å². The maximum Gasteiger partial charge on any atom is 0.193 e. The summed E-state index contributed by atoms with van der Waals surface area (Å²) in [5.74, 6) is 1.97. The lowest BCUT2D eigenvalue weighted by Crippen LogP contribution is -2.40. The molecule has 0 unspecified atom stereocenters. The van der Waals surface area contributed by atoms with Crippen molar-refractivity contribution in [1.82, 2.24) is 10.2 Å². The van der Waals surface area contributed by atoms with E-state index in [9.17, 15) is 0 Å². The Labute approximate surface area is 146 Å². The van der Waals surface area contributed by atoms with Gasteiger partial charge in [-0.15, -0.1) is 6.58 Å². The summed E-state index contributed by atoms with van der Waals surface area (Å²) < 4.78 is 5.56. The van der Waals surface area contributed by atoms with Gasteiger partial charge in [-0.2, -0.15) is 0 Å². The van der Waals surface area contributed by atoms with Crippen molar-refractivity contribution in [3.63, 3.8) is 0 Å². The second-order valence-electron chi connectivity index (χ2n) is 6.50. The van der Waals surface area contributed by atoms with Gasteiger partial charge in [-0.3, -0.25) is 4.99 Å². The minimum absolute atomic E-state index is 0.148. The van der Waals surface area contributed by atoms with Gasteiger partial charge in [0.2, 0.25) is 0 Å². The van der Waals surface area contributed by atoms with E-state index in [-0.39, 0.29) is 5.41 Å². The van der Waals surface area contributed by atoms with Gasteiger partial charge in [-0.05, 0) is 38.7 Å². The van der Waals surface area contributed by atoms with Gasteiger partial charge >= 0.3 is 0 Å². The largest absolute Gasteiger partial charge is 0.496 e. The fourth-order valence-electron chi connectivity index (χ4n) is 3.02. The van der Waals surface area contributed by atoms with Crippen LogP contribution < -0.4 is 10.1 Å². The summed E-state index contributed by atoms with van der Waals surface area (Å²) >= 11 is 0. The first-order valence-corrected chi connectivity index (χ1v) is 8.90. The van der Waals surface area contributed by atoms with Crippen molar-refractivity contribution in [2.24, 2.45) is 4.99 Å². The lowest BCUT2D eigenvalue weighted by Gasteiger charge is -2.23. The average molecular weight is 329 g/mol. The molecule has 1 saturated carbocycles. The van der Waals surface area contributed by atoms with E-state index in [1.54, 1.807) is 7.11 Å². The Balaban J connectivity index is 2.08. The summed E-state index contributed by atoms with van der Waals surface area (Å²) in [6.45, 7) is 8.57. The third kappa shape index (κ3) is 4.53. The van der Waals surface area contributed by atoms with Gasteiger partial charge in [0.15, 0.2) is 5.96 Å². The molecular formula is C20H31N3O. The minimum Gasteiger partial charge on any atom is -0.496 e. The van der Waals surface area contributed by atoms with E-state index in [0.717, 1.165) is 44.2 Å². The van der Waals surface area contributed by atoms with E-state index in [2.05, 4.69) is 42.9 Å². The summed E-state index contributed by atoms with van der Waals surface area (Å²) in [6.07, 6.45) is 6.46. The third-order valence-electron chi connectivity index (χ3n) is 4.66. The van der Waals surface area contributed by atoms with Crippen LogP contribution in [0.15, 0.2) is 41.9 Å². The number of rotatable bonds is 9. The van der Waals surface area contributed by atoms with Crippen LogP contribution in [0.3, 0.4) is 0 Å². The molecule has 0 spiro atoms. The van der Waals surface area contributed by atoms with Gasteiger partial charge in [0, 0.05) is 31.1 Å². The van der Waals surface area contributed by atoms with Gasteiger partial charge < -0.3 is 15.0 Å².